The van der Waals surface area contributed by atoms with Gasteiger partial charge in [0.15, 0.2) is 0 Å². The molecule has 0 amide bonds. The number of hydrogen-bond donors (Lipinski definition) is 0. The summed E-state index contributed by atoms with van der Waals surface area (Å²) < 4.78 is 8.25. The number of nitrogens with zero attached hydrogens (tertiary/aromatic N) is 3. The third kappa shape index (κ3) is 8.44. The molecule has 0 aromatic heterocycles. The number of unbranched alkanes of at least 4 members (excludes halogenated alkanes) is 4. The summed E-state index contributed by atoms with van der Waals surface area (Å²) in [5.41, 5.74) is 0. The molecule has 1 rings (SSSR count). The lowest BCUT2D eigenvalue weighted by atomic mass is 10.2. The number of guanidine groups is 1. The van der Waals surface area contributed by atoms with Gasteiger partial charge in [0.25, 0.3) is 0 Å². The largest absolute Gasteiger partial charge is 0.375 e. The van der Waals surface area contributed by atoms with Gasteiger partial charge >= 0.3 is 5.96 Å². The molecule has 0 aliphatic carbocycles. The van der Waals surface area contributed by atoms with Crippen molar-refractivity contribution in [1.29, 1.82) is 0 Å². The highest BCUT2D eigenvalue weighted by Crippen LogP contribution is 2.10. The van der Waals surface area contributed by atoms with E-state index in [1.807, 2.05) is 0 Å². The lowest BCUT2D eigenvalue weighted by Crippen LogP contribution is -2.53. The van der Waals surface area contributed by atoms with Crippen LogP contribution in [0, 0.1) is 0 Å². The van der Waals surface area contributed by atoms with Crippen LogP contribution in [0.15, 0.2) is 0 Å². The van der Waals surface area contributed by atoms with E-state index in [-0.39, 0.29) is 0 Å². The SMILES string of the molecule is CCCCN(CCCC)C(N(CCCC)CCCC)=[N+]1CCOCC1. The van der Waals surface area contributed by atoms with E-state index in [9.17, 15) is 0 Å². The van der Waals surface area contributed by atoms with E-state index in [2.05, 4.69) is 42.1 Å². The first kappa shape index (κ1) is 22.3. The van der Waals surface area contributed by atoms with Gasteiger partial charge in [0.05, 0.1) is 52.5 Å². The minimum absolute atomic E-state index is 0.869. The lowest BCUT2D eigenvalue weighted by Gasteiger charge is -2.32. The van der Waals surface area contributed by atoms with E-state index in [4.69, 9.17) is 4.74 Å². The highest BCUT2D eigenvalue weighted by atomic mass is 16.5. The Kier molecular flexibility index (Phi) is 12.8. The molecule has 0 bridgehead atoms. The van der Waals surface area contributed by atoms with Crippen molar-refractivity contribution < 1.29 is 9.31 Å². The topological polar surface area (TPSA) is 18.7 Å². The number of ether oxygens (including phenoxy) is 1. The molecule has 0 aromatic rings. The molecular formula is C21H44N3O+. The summed E-state index contributed by atoms with van der Waals surface area (Å²) in [4.78, 5) is 5.40. The fraction of sp³-hybridized carbons (Fsp3) is 0.952. The predicted octanol–water partition coefficient (Wildman–Crippen LogP) is 4.19. The Bertz CT molecular complexity index is 311. The Morgan fingerprint density at radius 1 is 0.680 bits per heavy atom. The Morgan fingerprint density at radius 2 is 1.04 bits per heavy atom. The average Bonchev–Trinajstić information content (AvgIpc) is 2.66. The molecule has 4 nitrogen and oxygen atoms in total. The highest BCUT2D eigenvalue weighted by molar-refractivity contribution is 5.75. The first-order chi connectivity index (χ1) is 12.3. The summed E-state index contributed by atoms with van der Waals surface area (Å²) in [6, 6.07) is 0. The first-order valence-electron chi connectivity index (χ1n) is 11.0. The maximum absolute atomic E-state index is 5.64. The molecule has 1 aliphatic rings. The van der Waals surface area contributed by atoms with Crippen molar-refractivity contribution in [2.45, 2.75) is 79.1 Å². The van der Waals surface area contributed by atoms with E-state index in [1.54, 1.807) is 0 Å². The molecule has 1 saturated heterocycles. The van der Waals surface area contributed by atoms with E-state index < -0.39 is 0 Å². The zero-order valence-corrected chi connectivity index (χ0v) is 17.6. The second kappa shape index (κ2) is 14.4. The highest BCUT2D eigenvalue weighted by Gasteiger charge is 2.29. The van der Waals surface area contributed by atoms with Crippen LogP contribution in [0.1, 0.15) is 79.1 Å². The van der Waals surface area contributed by atoms with Crippen LogP contribution in [-0.2, 0) is 4.74 Å². The fourth-order valence-corrected chi connectivity index (χ4v) is 3.38. The molecule has 25 heavy (non-hydrogen) atoms. The summed E-state index contributed by atoms with van der Waals surface area (Å²) in [6.45, 7) is 17.8. The maximum Gasteiger partial charge on any atom is 0.350 e. The van der Waals surface area contributed by atoms with Crippen LogP contribution in [0.5, 0.6) is 0 Å². The van der Waals surface area contributed by atoms with E-state index in [0.29, 0.717) is 0 Å². The van der Waals surface area contributed by atoms with Crippen molar-refractivity contribution in [2.24, 2.45) is 0 Å². The van der Waals surface area contributed by atoms with E-state index in [0.717, 1.165) is 26.3 Å². The second-order valence-electron chi connectivity index (χ2n) is 7.29. The van der Waals surface area contributed by atoms with Crippen LogP contribution in [-0.4, -0.2) is 72.8 Å². The molecular weight excluding hydrogens is 310 g/mol. The number of rotatable bonds is 12. The molecule has 148 valence electrons. The van der Waals surface area contributed by atoms with Gasteiger partial charge in [-0.1, -0.05) is 53.4 Å². The van der Waals surface area contributed by atoms with Crippen molar-refractivity contribution in [3.63, 3.8) is 0 Å². The molecule has 0 unspecified atom stereocenters. The van der Waals surface area contributed by atoms with Crippen molar-refractivity contribution >= 4 is 5.96 Å². The number of morpholine rings is 1. The minimum atomic E-state index is 0.869. The Balaban J connectivity index is 3.07. The molecule has 1 heterocycles. The third-order valence-corrected chi connectivity index (χ3v) is 4.99. The van der Waals surface area contributed by atoms with Crippen molar-refractivity contribution in [2.75, 3.05) is 52.5 Å². The summed E-state index contributed by atoms with van der Waals surface area (Å²) in [7, 11) is 0. The second-order valence-corrected chi connectivity index (χ2v) is 7.29. The van der Waals surface area contributed by atoms with E-state index in [1.165, 1.54) is 83.5 Å². The Morgan fingerprint density at radius 3 is 1.36 bits per heavy atom. The van der Waals surface area contributed by atoms with Gasteiger partial charge in [-0.25, -0.2) is 0 Å². The van der Waals surface area contributed by atoms with Crippen molar-refractivity contribution in [1.82, 2.24) is 9.80 Å². The molecule has 0 aromatic carbocycles. The quantitative estimate of drug-likeness (QED) is 0.387. The third-order valence-electron chi connectivity index (χ3n) is 4.99. The standard InChI is InChI=1S/C21H44N3O/c1-5-9-13-22(14-10-6-2)21(24-17-19-25-20-18-24)23(15-11-7-3)16-12-8-4/h5-20H2,1-4H3/q+1. The van der Waals surface area contributed by atoms with Crippen LogP contribution >= 0.6 is 0 Å². The van der Waals surface area contributed by atoms with Crippen LogP contribution in [0.25, 0.3) is 0 Å². The summed E-state index contributed by atoms with van der Waals surface area (Å²) in [5.74, 6) is 1.51. The number of hydrogen-bond acceptors (Lipinski definition) is 1. The average molecular weight is 355 g/mol. The normalized spacial score (nSPS) is 14.6. The van der Waals surface area contributed by atoms with Crippen LogP contribution < -0.4 is 0 Å². The molecule has 0 radical (unpaired) electrons. The van der Waals surface area contributed by atoms with Gasteiger partial charge in [0, 0.05) is 0 Å². The monoisotopic (exact) mass is 354 g/mol. The maximum atomic E-state index is 5.64. The van der Waals surface area contributed by atoms with Gasteiger partial charge in [-0.05, 0) is 25.7 Å². The molecule has 0 N–H and O–H groups in total. The summed E-state index contributed by atoms with van der Waals surface area (Å²) in [6.07, 6.45) is 10.2. The van der Waals surface area contributed by atoms with Gasteiger partial charge in [-0.15, -0.1) is 0 Å². The van der Waals surface area contributed by atoms with Crippen molar-refractivity contribution in [3.05, 3.63) is 0 Å². The molecule has 4 heteroatoms. The first-order valence-corrected chi connectivity index (χ1v) is 11.0. The lowest BCUT2D eigenvalue weighted by molar-refractivity contribution is -0.558. The van der Waals surface area contributed by atoms with Gasteiger partial charge < -0.3 is 4.74 Å². The van der Waals surface area contributed by atoms with Crippen LogP contribution in [0.3, 0.4) is 0 Å². The molecule has 0 saturated carbocycles. The molecule has 0 atom stereocenters. The van der Waals surface area contributed by atoms with Crippen molar-refractivity contribution in [3.8, 4) is 0 Å². The summed E-state index contributed by atoms with van der Waals surface area (Å²) >= 11 is 0. The van der Waals surface area contributed by atoms with E-state index >= 15 is 0 Å². The molecule has 0 spiro atoms. The Labute approximate surface area is 157 Å². The smallest absolute Gasteiger partial charge is 0.350 e. The predicted molar refractivity (Wildman–Crippen MR) is 109 cm³/mol. The Hall–Kier alpha value is -0.770. The zero-order valence-electron chi connectivity index (χ0n) is 17.6. The molecule has 1 aliphatic heterocycles. The zero-order chi connectivity index (χ0) is 18.3. The van der Waals surface area contributed by atoms with Gasteiger partial charge in [-0.2, -0.15) is 0 Å². The van der Waals surface area contributed by atoms with Crippen LogP contribution in [0.4, 0.5) is 0 Å². The minimum Gasteiger partial charge on any atom is -0.375 e. The van der Waals surface area contributed by atoms with Gasteiger partial charge in [-0.3, -0.25) is 14.4 Å². The van der Waals surface area contributed by atoms with Gasteiger partial charge in [0.1, 0.15) is 0 Å². The van der Waals surface area contributed by atoms with Crippen LogP contribution in [0.2, 0.25) is 0 Å². The molecule has 1 fully saturated rings. The fourth-order valence-electron chi connectivity index (χ4n) is 3.38. The van der Waals surface area contributed by atoms with Gasteiger partial charge in [0.2, 0.25) is 0 Å². The summed E-state index contributed by atoms with van der Waals surface area (Å²) in [5, 5.41) is 0.